The van der Waals surface area contributed by atoms with Crippen LogP contribution in [0.5, 0.6) is 0 Å². The second-order valence-electron chi connectivity index (χ2n) is 2.12. The van der Waals surface area contributed by atoms with Crippen LogP contribution in [0.25, 0.3) is 0 Å². The van der Waals surface area contributed by atoms with Crippen molar-refractivity contribution in [3.8, 4) is 0 Å². The second-order valence-corrected chi connectivity index (χ2v) is 3.57. The van der Waals surface area contributed by atoms with Crippen molar-refractivity contribution >= 4 is 29.0 Å². The highest BCUT2D eigenvalue weighted by molar-refractivity contribution is 6.48. The first-order valence-corrected chi connectivity index (χ1v) is 3.58. The zero-order valence-corrected chi connectivity index (χ0v) is 6.41. The Balaban J connectivity index is 2.68. The number of hydrogen-bond acceptors (Lipinski definition) is 2. The van der Waals surface area contributed by atoms with Crippen molar-refractivity contribution < 1.29 is 0 Å². The Bertz CT molecular complexity index is 142. The van der Waals surface area contributed by atoms with Gasteiger partial charge in [-0.3, -0.25) is 0 Å². The molecule has 2 N–H and O–H groups in total. The largest absolute Gasteiger partial charge is 0.387 e. The summed E-state index contributed by atoms with van der Waals surface area (Å²) in [5.41, 5.74) is 5.39. The van der Waals surface area contributed by atoms with Gasteiger partial charge in [-0.15, -0.1) is 0 Å². The normalized spacial score (nSPS) is 25.3. The number of aliphatic imine (C=N–C) groups is 1. The molecule has 2 nitrogen and oxygen atoms in total. The van der Waals surface area contributed by atoms with Crippen LogP contribution < -0.4 is 5.73 Å². The van der Waals surface area contributed by atoms with E-state index in [0.29, 0.717) is 12.3 Å². The third-order valence-electron chi connectivity index (χ3n) is 1.22. The molecule has 1 heterocycles. The highest BCUT2D eigenvalue weighted by Gasteiger charge is 2.25. The van der Waals surface area contributed by atoms with Gasteiger partial charge in [0.1, 0.15) is 0 Å². The van der Waals surface area contributed by atoms with Crippen molar-refractivity contribution in [3.05, 3.63) is 0 Å². The van der Waals surface area contributed by atoms with Gasteiger partial charge in [0.25, 0.3) is 0 Å². The summed E-state index contributed by atoms with van der Waals surface area (Å²) in [4.78, 5) is 3.84. The molecule has 1 aliphatic rings. The van der Waals surface area contributed by atoms with Gasteiger partial charge < -0.3 is 5.73 Å². The van der Waals surface area contributed by atoms with Gasteiger partial charge in [0.05, 0.1) is 5.84 Å². The highest BCUT2D eigenvalue weighted by Crippen LogP contribution is 2.31. The van der Waals surface area contributed by atoms with Gasteiger partial charge in [0, 0.05) is 12.8 Å². The van der Waals surface area contributed by atoms with E-state index in [9.17, 15) is 0 Å². The van der Waals surface area contributed by atoms with Crippen molar-refractivity contribution in [2.45, 2.75) is 23.7 Å². The van der Waals surface area contributed by atoms with Crippen LogP contribution in [0, 0.1) is 0 Å². The lowest BCUT2D eigenvalue weighted by Crippen LogP contribution is -2.24. The molecule has 1 aliphatic heterocycles. The van der Waals surface area contributed by atoms with E-state index in [0.717, 1.165) is 12.8 Å². The fourth-order valence-electron chi connectivity index (χ4n) is 0.804. The van der Waals surface area contributed by atoms with E-state index < -0.39 is 4.46 Å². The van der Waals surface area contributed by atoms with E-state index in [-0.39, 0.29) is 0 Å². The molecule has 0 radical (unpaired) electrons. The Labute approximate surface area is 64.0 Å². The van der Waals surface area contributed by atoms with Crippen molar-refractivity contribution in [1.82, 2.24) is 0 Å². The van der Waals surface area contributed by atoms with Gasteiger partial charge in [0.2, 0.25) is 4.46 Å². The number of hydrogen-bond donors (Lipinski definition) is 1. The van der Waals surface area contributed by atoms with Gasteiger partial charge in [-0.1, -0.05) is 23.2 Å². The number of halogens is 2. The minimum absolute atomic E-state index is 0.561. The first-order valence-electron chi connectivity index (χ1n) is 2.82. The van der Waals surface area contributed by atoms with E-state index in [1.165, 1.54) is 0 Å². The Morgan fingerprint density at radius 3 is 2.56 bits per heavy atom. The van der Waals surface area contributed by atoms with Crippen LogP contribution >= 0.6 is 23.2 Å². The first-order chi connectivity index (χ1) is 4.10. The lowest BCUT2D eigenvalue weighted by Gasteiger charge is -2.19. The summed E-state index contributed by atoms with van der Waals surface area (Å²) in [6, 6.07) is 0. The maximum absolute atomic E-state index is 5.66. The zero-order chi connectivity index (χ0) is 6.91. The maximum atomic E-state index is 5.66. The van der Waals surface area contributed by atoms with E-state index in [1.807, 2.05) is 0 Å². The molecule has 9 heavy (non-hydrogen) atoms. The number of rotatable bonds is 0. The Morgan fingerprint density at radius 1 is 1.56 bits per heavy atom. The topological polar surface area (TPSA) is 38.4 Å². The molecule has 0 saturated carbocycles. The van der Waals surface area contributed by atoms with Crippen LogP contribution in [-0.4, -0.2) is 10.3 Å². The summed E-state index contributed by atoms with van der Waals surface area (Å²) >= 11 is 11.3. The quantitative estimate of drug-likeness (QED) is 0.432. The van der Waals surface area contributed by atoms with E-state index in [2.05, 4.69) is 4.99 Å². The molecule has 0 bridgehead atoms. The summed E-state index contributed by atoms with van der Waals surface area (Å²) in [5, 5.41) is 0. The molecule has 0 fully saturated rings. The summed E-state index contributed by atoms with van der Waals surface area (Å²) in [5.74, 6) is 0.561. The number of nitrogens with two attached hydrogens (primary N) is 1. The van der Waals surface area contributed by atoms with Crippen LogP contribution in [0.2, 0.25) is 0 Å². The van der Waals surface area contributed by atoms with Crippen LogP contribution in [0.15, 0.2) is 4.99 Å². The minimum atomic E-state index is -0.942. The first kappa shape index (κ1) is 7.16. The van der Waals surface area contributed by atoms with Crippen molar-refractivity contribution in [2.75, 3.05) is 0 Å². The fourth-order valence-corrected chi connectivity index (χ4v) is 1.29. The molecule has 0 amide bonds. The summed E-state index contributed by atoms with van der Waals surface area (Å²) in [6.45, 7) is 0. The molecule has 0 aromatic heterocycles. The average Bonchev–Trinajstić information content (AvgIpc) is 1.60. The lowest BCUT2D eigenvalue weighted by atomic mass is 10.2. The average molecular weight is 167 g/mol. The Morgan fingerprint density at radius 2 is 2.22 bits per heavy atom. The highest BCUT2D eigenvalue weighted by atomic mass is 35.5. The molecule has 4 heteroatoms. The van der Waals surface area contributed by atoms with Crippen molar-refractivity contribution in [3.63, 3.8) is 0 Å². The molecule has 1 rings (SSSR count). The maximum Gasteiger partial charge on any atom is 0.209 e. The number of alkyl halides is 2. The smallest absolute Gasteiger partial charge is 0.209 e. The number of nitrogens with zero attached hydrogens (tertiary/aromatic N) is 1. The molecule has 0 spiro atoms. The second kappa shape index (κ2) is 2.35. The summed E-state index contributed by atoms with van der Waals surface area (Å²) in [7, 11) is 0. The molecule has 0 unspecified atom stereocenters. The van der Waals surface area contributed by atoms with Crippen LogP contribution in [0.4, 0.5) is 0 Å². The van der Waals surface area contributed by atoms with Crippen molar-refractivity contribution in [2.24, 2.45) is 10.7 Å². The third kappa shape index (κ3) is 2.03. The molecular formula is C5H8Cl2N2. The molecule has 0 aromatic carbocycles. The van der Waals surface area contributed by atoms with E-state index in [1.54, 1.807) is 0 Å². The monoisotopic (exact) mass is 166 g/mol. The van der Waals surface area contributed by atoms with Gasteiger partial charge >= 0.3 is 0 Å². The fraction of sp³-hybridized carbons (Fsp3) is 0.800. The van der Waals surface area contributed by atoms with Crippen LogP contribution in [0.1, 0.15) is 19.3 Å². The van der Waals surface area contributed by atoms with Crippen LogP contribution in [0.3, 0.4) is 0 Å². The van der Waals surface area contributed by atoms with E-state index >= 15 is 0 Å². The summed E-state index contributed by atoms with van der Waals surface area (Å²) < 4.78 is -0.942. The molecule has 52 valence electrons. The minimum Gasteiger partial charge on any atom is -0.387 e. The molecule has 0 aromatic rings. The molecule has 0 atom stereocenters. The van der Waals surface area contributed by atoms with Crippen molar-refractivity contribution in [1.29, 1.82) is 0 Å². The van der Waals surface area contributed by atoms with Gasteiger partial charge in [-0.25, -0.2) is 4.99 Å². The molecule has 0 saturated heterocycles. The summed E-state index contributed by atoms with van der Waals surface area (Å²) in [6.07, 6.45) is 2.46. The van der Waals surface area contributed by atoms with Gasteiger partial charge in [-0.05, 0) is 6.42 Å². The third-order valence-corrected chi connectivity index (χ3v) is 1.76. The Hall–Kier alpha value is 0.0500. The van der Waals surface area contributed by atoms with Crippen LogP contribution in [-0.2, 0) is 0 Å². The predicted octanol–water partition coefficient (Wildman–Crippen LogP) is 1.66. The Kier molecular flexibility index (Phi) is 1.87. The molecular weight excluding hydrogens is 159 g/mol. The zero-order valence-electron chi connectivity index (χ0n) is 4.90. The van der Waals surface area contributed by atoms with E-state index in [4.69, 9.17) is 28.9 Å². The van der Waals surface area contributed by atoms with Gasteiger partial charge in [0.15, 0.2) is 0 Å². The number of amidine groups is 1. The SMILES string of the molecule is NC1=NC(Cl)(Cl)CCC1. The standard InChI is InChI=1S/C5H8Cl2N2/c6-5(7)3-1-2-4(8)9-5/h1-3H2,(H2,8,9). The lowest BCUT2D eigenvalue weighted by molar-refractivity contribution is 0.647. The van der Waals surface area contributed by atoms with Gasteiger partial charge in [-0.2, -0.15) is 0 Å². The predicted molar refractivity (Wildman–Crippen MR) is 39.9 cm³/mol. The molecule has 0 aliphatic carbocycles.